The quantitative estimate of drug-likeness (QED) is 0.463. The van der Waals surface area contributed by atoms with Crippen LogP contribution in [0.15, 0.2) is 24.3 Å². The van der Waals surface area contributed by atoms with Gasteiger partial charge in [-0.3, -0.25) is 10.1 Å². The van der Waals surface area contributed by atoms with Crippen molar-refractivity contribution >= 4 is 22.7 Å². The minimum absolute atomic E-state index is 0.0145. The lowest BCUT2D eigenvalue weighted by atomic mass is 10.0. The van der Waals surface area contributed by atoms with Crippen molar-refractivity contribution in [2.24, 2.45) is 0 Å². The molecule has 1 atom stereocenters. The van der Waals surface area contributed by atoms with Crippen molar-refractivity contribution in [3.63, 3.8) is 0 Å². The van der Waals surface area contributed by atoms with Crippen molar-refractivity contribution in [3.8, 4) is 0 Å². The van der Waals surface area contributed by atoms with Gasteiger partial charge in [0.05, 0.1) is 11.5 Å². The predicted molar refractivity (Wildman–Crippen MR) is 58.7 cm³/mol. The molecule has 0 spiro atoms. The minimum atomic E-state index is -0.912. The molecule has 0 saturated heterocycles. The second-order valence-corrected chi connectivity index (χ2v) is 3.57. The van der Waals surface area contributed by atoms with E-state index in [1.54, 1.807) is 25.1 Å². The average molecular weight is 244 g/mol. The van der Waals surface area contributed by atoms with Crippen molar-refractivity contribution in [1.29, 1.82) is 0 Å². The van der Waals surface area contributed by atoms with Gasteiger partial charge in [0.25, 0.3) is 5.69 Å². The Morgan fingerprint density at radius 1 is 1.56 bits per heavy atom. The van der Waals surface area contributed by atoms with Crippen molar-refractivity contribution < 1.29 is 14.5 Å². The number of hydrogen-bond acceptors (Lipinski definition) is 4. The second kappa shape index (κ2) is 5.46. The first-order valence-corrected chi connectivity index (χ1v) is 4.95. The Hall–Kier alpha value is -1.62. The highest BCUT2D eigenvalue weighted by Gasteiger charge is 2.18. The lowest BCUT2D eigenvalue weighted by molar-refractivity contribution is -0.385. The van der Waals surface area contributed by atoms with Crippen LogP contribution in [0.2, 0.25) is 0 Å². The fourth-order valence-electron chi connectivity index (χ4n) is 1.35. The first-order chi connectivity index (χ1) is 7.52. The Morgan fingerprint density at radius 2 is 2.19 bits per heavy atom. The van der Waals surface area contributed by atoms with E-state index in [2.05, 4.69) is 4.74 Å². The van der Waals surface area contributed by atoms with Gasteiger partial charge in [-0.15, -0.1) is 0 Å². The van der Waals surface area contributed by atoms with E-state index in [0.717, 1.165) is 0 Å². The van der Waals surface area contributed by atoms with Gasteiger partial charge in [0, 0.05) is 29.1 Å². The Labute approximate surface area is 97.1 Å². The first kappa shape index (κ1) is 12.4. The molecule has 0 fully saturated rings. The molecule has 0 unspecified atom stereocenters. The highest BCUT2D eigenvalue weighted by atomic mass is 35.5. The average Bonchev–Trinajstić information content (AvgIpc) is 2.25. The van der Waals surface area contributed by atoms with Crippen LogP contribution in [-0.2, 0) is 4.74 Å². The molecule has 0 amide bonds. The van der Waals surface area contributed by atoms with Gasteiger partial charge in [-0.25, -0.2) is 4.79 Å². The number of carbonyl (C=O) groups is 1. The lowest BCUT2D eigenvalue weighted by Crippen LogP contribution is -2.08. The van der Waals surface area contributed by atoms with Crippen LogP contribution in [-0.4, -0.2) is 17.0 Å². The largest absolute Gasteiger partial charge is 0.453 e. The summed E-state index contributed by atoms with van der Waals surface area (Å²) in [4.78, 5) is 20.7. The third-order valence-electron chi connectivity index (χ3n) is 2.11. The van der Waals surface area contributed by atoms with Gasteiger partial charge in [0.2, 0.25) is 0 Å². The summed E-state index contributed by atoms with van der Waals surface area (Å²) in [5.74, 6) is -0.274. The Bertz CT molecular complexity index is 408. The number of nitro benzene ring substituents is 1. The molecule has 0 aliphatic rings. The van der Waals surface area contributed by atoms with Crippen LogP contribution in [0.4, 0.5) is 10.5 Å². The van der Waals surface area contributed by atoms with Gasteiger partial charge in [-0.05, 0) is 0 Å². The Balaban J connectivity index is 2.85. The van der Waals surface area contributed by atoms with E-state index in [4.69, 9.17) is 11.6 Å². The Morgan fingerprint density at radius 3 is 2.75 bits per heavy atom. The number of ether oxygens (including phenoxy) is 1. The molecule has 1 aromatic rings. The number of nitrogens with zero attached hydrogens (tertiary/aromatic N) is 1. The van der Waals surface area contributed by atoms with E-state index in [-0.39, 0.29) is 18.2 Å². The molecule has 1 aromatic carbocycles. The van der Waals surface area contributed by atoms with E-state index in [1.807, 2.05) is 0 Å². The van der Waals surface area contributed by atoms with Crippen LogP contribution in [0.5, 0.6) is 0 Å². The maximum Gasteiger partial charge on any atom is 0.403 e. The van der Waals surface area contributed by atoms with E-state index in [1.165, 1.54) is 6.07 Å². The molecule has 0 saturated carbocycles. The SMILES string of the molecule is C[C@@H](COC(=O)Cl)c1ccccc1[N+](=O)[O-]. The summed E-state index contributed by atoms with van der Waals surface area (Å²) in [6, 6.07) is 6.32. The molecule has 5 nitrogen and oxygen atoms in total. The normalized spacial score (nSPS) is 11.9. The zero-order valence-electron chi connectivity index (χ0n) is 8.55. The molecule has 0 aliphatic heterocycles. The van der Waals surface area contributed by atoms with Crippen molar-refractivity contribution in [2.75, 3.05) is 6.61 Å². The van der Waals surface area contributed by atoms with Gasteiger partial charge < -0.3 is 4.74 Å². The van der Waals surface area contributed by atoms with E-state index < -0.39 is 10.4 Å². The molecule has 0 heterocycles. The molecule has 86 valence electrons. The number of benzene rings is 1. The van der Waals surface area contributed by atoms with Gasteiger partial charge in [-0.1, -0.05) is 25.1 Å². The summed E-state index contributed by atoms with van der Waals surface area (Å²) in [6.45, 7) is 1.75. The highest BCUT2D eigenvalue weighted by Crippen LogP contribution is 2.26. The zero-order chi connectivity index (χ0) is 12.1. The molecule has 1 rings (SSSR count). The summed E-state index contributed by atoms with van der Waals surface area (Å²) in [6.07, 6.45) is 0. The maximum absolute atomic E-state index is 10.7. The minimum Gasteiger partial charge on any atom is -0.453 e. The lowest BCUT2D eigenvalue weighted by Gasteiger charge is -2.10. The summed E-state index contributed by atoms with van der Waals surface area (Å²) in [5, 5.41) is 10.7. The van der Waals surface area contributed by atoms with Gasteiger partial charge in [-0.2, -0.15) is 0 Å². The van der Waals surface area contributed by atoms with E-state index in [9.17, 15) is 14.9 Å². The number of para-hydroxylation sites is 1. The van der Waals surface area contributed by atoms with Crippen LogP contribution < -0.4 is 0 Å². The van der Waals surface area contributed by atoms with Crippen LogP contribution >= 0.6 is 11.6 Å². The standard InChI is InChI=1S/C10H10ClNO4/c1-7(6-16-10(11)13)8-4-2-3-5-9(8)12(14)15/h2-5,7H,6H2,1H3/t7-/m0/s1. The van der Waals surface area contributed by atoms with E-state index in [0.29, 0.717) is 5.56 Å². The van der Waals surface area contributed by atoms with E-state index >= 15 is 0 Å². The van der Waals surface area contributed by atoms with Crippen LogP contribution in [0.3, 0.4) is 0 Å². The van der Waals surface area contributed by atoms with Crippen molar-refractivity contribution in [2.45, 2.75) is 12.8 Å². The van der Waals surface area contributed by atoms with Crippen LogP contribution in [0.1, 0.15) is 18.4 Å². The monoisotopic (exact) mass is 243 g/mol. The summed E-state index contributed by atoms with van der Waals surface area (Å²) < 4.78 is 4.60. The molecule has 0 bridgehead atoms. The van der Waals surface area contributed by atoms with Gasteiger partial charge in [0.1, 0.15) is 0 Å². The van der Waals surface area contributed by atoms with Crippen molar-refractivity contribution in [3.05, 3.63) is 39.9 Å². The third-order valence-corrected chi connectivity index (χ3v) is 2.22. The third kappa shape index (κ3) is 3.20. The highest BCUT2D eigenvalue weighted by molar-refractivity contribution is 6.61. The molecule has 0 aromatic heterocycles. The van der Waals surface area contributed by atoms with Crippen molar-refractivity contribution in [1.82, 2.24) is 0 Å². The summed E-state index contributed by atoms with van der Waals surface area (Å²) >= 11 is 5.02. The summed E-state index contributed by atoms with van der Waals surface area (Å²) in [7, 11) is 0. The fourth-order valence-corrected chi connectivity index (χ4v) is 1.41. The smallest absolute Gasteiger partial charge is 0.403 e. The number of rotatable bonds is 4. The fraction of sp³-hybridized carbons (Fsp3) is 0.300. The molecular weight excluding hydrogens is 234 g/mol. The topological polar surface area (TPSA) is 69.4 Å². The second-order valence-electron chi connectivity index (χ2n) is 3.27. The van der Waals surface area contributed by atoms with Crippen LogP contribution in [0, 0.1) is 10.1 Å². The molecule has 0 N–H and O–H groups in total. The molecular formula is C10H10ClNO4. The molecule has 16 heavy (non-hydrogen) atoms. The number of hydrogen-bond donors (Lipinski definition) is 0. The Kier molecular flexibility index (Phi) is 4.25. The maximum atomic E-state index is 10.7. The number of carbonyl (C=O) groups excluding carboxylic acids is 1. The molecule has 6 heteroatoms. The predicted octanol–water partition coefficient (Wildman–Crippen LogP) is 3.07. The molecule has 0 radical (unpaired) electrons. The summed E-state index contributed by atoms with van der Waals surface area (Å²) in [5.41, 5.74) is -0.378. The number of nitro groups is 1. The van der Waals surface area contributed by atoms with Crippen LogP contribution in [0.25, 0.3) is 0 Å². The first-order valence-electron chi connectivity index (χ1n) is 4.58. The molecule has 0 aliphatic carbocycles. The zero-order valence-corrected chi connectivity index (χ0v) is 9.31. The van der Waals surface area contributed by atoms with Gasteiger partial charge in [0.15, 0.2) is 0 Å². The number of halogens is 1. The van der Waals surface area contributed by atoms with Gasteiger partial charge >= 0.3 is 5.43 Å².